The summed E-state index contributed by atoms with van der Waals surface area (Å²) in [6.45, 7) is 5.21. The van der Waals surface area contributed by atoms with Crippen LogP contribution in [0, 0.1) is 13.8 Å². The summed E-state index contributed by atoms with van der Waals surface area (Å²) in [5.74, 6) is 0.954. The number of nitrogens with two attached hydrogens (primary N) is 1. The molecule has 2 nitrogen and oxygen atoms in total. The van der Waals surface area contributed by atoms with Gasteiger partial charge in [0.2, 0.25) is 0 Å². The van der Waals surface area contributed by atoms with Gasteiger partial charge in [0.25, 0.3) is 0 Å². The molecule has 0 aliphatic rings. The van der Waals surface area contributed by atoms with E-state index in [2.05, 4.69) is 48.0 Å². The smallest absolute Gasteiger partial charge is 0.125 e. The van der Waals surface area contributed by atoms with Crippen LogP contribution in [0.5, 0.6) is 5.75 Å². The summed E-state index contributed by atoms with van der Waals surface area (Å²) in [6.07, 6.45) is 0. The second-order valence-electron chi connectivity index (χ2n) is 4.63. The lowest BCUT2D eigenvalue weighted by Gasteiger charge is -2.14. The highest BCUT2D eigenvalue weighted by Crippen LogP contribution is 2.28. The fourth-order valence-corrected chi connectivity index (χ4v) is 2.86. The molecule has 3 heteroatoms. The van der Waals surface area contributed by atoms with Crippen LogP contribution in [0.15, 0.2) is 40.9 Å². The number of benzene rings is 2. The number of halogens is 1. The molecule has 2 aromatic rings. The first-order valence-corrected chi connectivity index (χ1v) is 7.07. The lowest BCUT2D eigenvalue weighted by atomic mass is 10.1. The van der Waals surface area contributed by atoms with Crippen molar-refractivity contribution < 1.29 is 4.74 Å². The molecule has 0 aliphatic heterocycles. The molecule has 0 unspecified atom stereocenters. The Bertz CT molecular complexity index is 558. The zero-order valence-electron chi connectivity index (χ0n) is 11.2. The Kier molecular flexibility index (Phi) is 4.61. The molecule has 0 radical (unpaired) electrons. The monoisotopic (exact) mass is 319 g/mol. The van der Waals surface area contributed by atoms with Crippen molar-refractivity contribution in [2.45, 2.75) is 27.0 Å². The van der Waals surface area contributed by atoms with Gasteiger partial charge in [0.15, 0.2) is 0 Å². The van der Waals surface area contributed by atoms with Crippen molar-refractivity contribution in [2.75, 3.05) is 0 Å². The molecule has 2 aromatic carbocycles. The molecule has 0 bridgehead atoms. The molecule has 0 spiro atoms. The molecule has 0 aliphatic carbocycles. The van der Waals surface area contributed by atoms with Crippen molar-refractivity contribution in [1.29, 1.82) is 0 Å². The summed E-state index contributed by atoms with van der Waals surface area (Å²) in [5, 5.41) is 0. The highest BCUT2D eigenvalue weighted by atomic mass is 79.9. The van der Waals surface area contributed by atoms with Gasteiger partial charge in [0.05, 0.1) is 0 Å². The number of rotatable bonds is 4. The lowest BCUT2D eigenvalue weighted by Crippen LogP contribution is -2.05. The predicted molar refractivity (Wildman–Crippen MR) is 82.3 cm³/mol. The number of aryl methyl sites for hydroxylation is 2. The largest absolute Gasteiger partial charge is 0.488 e. The second-order valence-corrected chi connectivity index (χ2v) is 5.55. The Morgan fingerprint density at radius 1 is 1.05 bits per heavy atom. The van der Waals surface area contributed by atoms with Gasteiger partial charge in [-0.2, -0.15) is 0 Å². The van der Waals surface area contributed by atoms with E-state index in [1.54, 1.807) is 0 Å². The van der Waals surface area contributed by atoms with Crippen molar-refractivity contribution in [3.8, 4) is 5.75 Å². The van der Waals surface area contributed by atoms with Gasteiger partial charge in [-0.05, 0) is 48.2 Å². The number of ether oxygens (including phenoxy) is 1. The van der Waals surface area contributed by atoms with E-state index in [0.717, 1.165) is 32.5 Å². The Morgan fingerprint density at radius 3 is 2.21 bits per heavy atom. The molecule has 0 fully saturated rings. The third kappa shape index (κ3) is 3.37. The maximum absolute atomic E-state index is 5.97. The van der Waals surface area contributed by atoms with Crippen LogP contribution in [0.25, 0.3) is 0 Å². The van der Waals surface area contributed by atoms with Crippen LogP contribution >= 0.6 is 15.9 Å². The molecule has 0 saturated heterocycles. The first-order valence-electron chi connectivity index (χ1n) is 6.28. The summed E-state index contributed by atoms with van der Waals surface area (Å²) >= 11 is 3.49. The summed E-state index contributed by atoms with van der Waals surface area (Å²) in [4.78, 5) is 0. The topological polar surface area (TPSA) is 35.2 Å². The van der Waals surface area contributed by atoms with E-state index < -0.39 is 0 Å². The van der Waals surface area contributed by atoms with Gasteiger partial charge in [-0.15, -0.1) is 0 Å². The fraction of sp³-hybridized carbons (Fsp3) is 0.250. The van der Waals surface area contributed by atoms with Crippen LogP contribution in [0.3, 0.4) is 0 Å². The molecule has 0 amide bonds. The normalized spacial score (nSPS) is 10.5. The highest BCUT2D eigenvalue weighted by molar-refractivity contribution is 9.10. The first kappa shape index (κ1) is 14.1. The molecule has 100 valence electrons. The van der Waals surface area contributed by atoms with Gasteiger partial charge in [-0.1, -0.05) is 40.2 Å². The van der Waals surface area contributed by atoms with Crippen molar-refractivity contribution in [2.24, 2.45) is 5.73 Å². The van der Waals surface area contributed by atoms with E-state index in [1.807, 2.05) is 18.2 Å². The van der Waals surface area contributed by atoms with Gasteiger partial charge in [0.1, 0.15) is 12.4 Å². The predicted octanol–water partition coefficient (Wildman–Crippen LogP) is 4.10. The Hall–Kier alpha value is -1.32. The van der Waals surface area contributed by atoms with E-state index in [0.29, 0.717) is 13.2 Å². The van der Waals surface area contributed by atoms with E-state index in [9.17, 15) is 0 Å². The van der Waals surface area contributed by atoms with Crippen molar-refractivity contribution in [3.05, 3.63) is 63.1 Å². The third-order valence-electron chi connectivity index (χ3n) is 3.14. The molecule has 0 heterocycles. The van der Waals surface area contributed by atoms with Crippen LogP contribution in [0.2, 0.25) is 0 Å². The molecule has 2 rings (SSSR count). The standard InChI is InChI=1S/C16H18BrNO/c1-11-7-15(17)8-12(2)16(11)19-10-14-6-4-3-5-13(14)9-18/h3-8H,9-10,18H2,1-2H3. The maximum Gasteiger partial charge on any atom is 0.125 e. The fourth-order valence-electron chi connectivity index (χ4n) is 2.17. The van der Waals surface area contributed by atoms with Crippen LogP contribution in [-0.2, 0) is 13.2 Å². The van der Waals surface area contributed by atoms with Crippen LogP contribution in [0.1, 0.15) is 22.3 Å². The van der Waals surface area contributed by atoms with E-state index in [4.69, 9.17) is 10.5 Å². The minimum Gasteiger partial charge on any atom is -0.488 e. The molecule has 19 heavy (non-hydrogen) atoms. The van der Waals surface area contributed by atoms with Gasteiger partial charge >= 0.3 is 0 Å². The Labute approximate surface area is 122 Å². The summed E-state index contributed by atoms with van der Waals surface area (Å²) in [5.41, 5.74) is 10.3. The van der Waals surface area contributed by atoms with Gasteiger partial charge < -0.3 is 10.5 Å². The maximum atomic E-state index is 5.97. The minimum absolute atomic E-state index is 0.540. The van der Waals surface area contributed by atoms with Gasteiger partial charge in [-0.25, -0.2) is 0 Å². The third-order valence-corrected chi connectivity index (χ3v) is 3.59. The zero-order chi connectivity index (χ0) is 13.8. The summed E-state index contributed by atoms with van der Waals surface area (Å²) in [6, 6.07) is 12.3. The number of hydrogen-bond donors (Lipinski definition) is 1. The Balaban J connectivity index is 2.19. The summed E-state index contributed by atoms with van der Waals surface area (Å²) < 4.78 is 7.06. The number of hydrogen-bond acceptors (Lipinski definition) is 2. The summed E-state index contributed by atoms with van der Waals surface area (Å²) in [7, 11) is 0. The molecule has 2 N–H and O–H groups in total. The van der Waals surface area contributed by atoms with Crippen molar-refractivity contribution in [1.82, 2.24) is 0 Å². The van der Waals surface area contributed by atoms with Crippen LogP contribution < -0.4 is 10.5 Å². The Morgan fingerprint density at radius 2 is 1.63 bits per heavy atom. The van der Waals surface area contributed by atoms with Crippen molar-refractivity contribution in [3.63, 3.8) is 0 Å². The van der Waals surface area contributed by atoms with Gasteiger partial charge in [0, 0.05) is 11.0 Å². The van der Waals surface area contributed by atoms with Gasteiger partial charge in [-0.3, -0.25) is 0 Å². The first-order chi connectivity index (χ1) is 9.11. The van der Waals surface area contributed by atoms with Crippen molar-refractivity contribution >= 4 is 15.9 Å². The average molecular weight is 320 g/mol. The molecular formula is C16H18BrNO. The second kappa shape index (κ2) is 6.22. The average Bonchev–Trinajstić information content (AvgIpc) is 2.38. The molecule has 0 aromatic heterocycles. The van der Waals surface area contributed by atoms with E-state index >= 15 is 0 Å². The highest BCUT2D eigenvalue weighted by Gasteiger charge is 2.07. The van der Waals surface area contributed by atoms with E-state index in [-0.39, 0.29) is 0 Å². The minimum atomic E-state index is 0.540. The van der Waals surface area contributed by atoms with Crippen LogP contribution in [-0.4, -0.2) is 0 Å². The van der Waals surface area contributed by atoms with E-state index in [1.165, 1.54) is 0 Å². The molecular weight excluding hydrogens is 302 g/mol. The van der Waals surface area contributed by atoms with Crippen LogP contribution in [0.4, 0.5) is 0 Å². The SMILES string of the molecule is Cc1cc(Br)cc(C)c1OCc1ccccc1CN. The quantitative estimate of drug-likeness (QED) is 0.920. The molecule has 0 saturated carbocycles. The zero-order valence-corrected chi connectivity index (χ0v) is 12.8. The lowest BCUT2D eigenvalue weighted by molar-refractivity contribution is 0.300. The molecule has 0 atom stereocenters.